The van der Waals surface area contributed by atoms with Crippen LogP contribution in [0.25, 0.3) is 10.8 Å². The minimum atomic E-state index is -0.583. The molecule has 3 heteroatoms. The molecule has 3 aromatic carbocycles. The van der Waals surface area contributed by atoms with Crippen LogP contribution in [0, 0.1) is 6.92 Å². The first-order valence-corrected chi connectivity index (χ1v) is 7.66. The lowest BCUT2D eigenvalue weighted by Gasteiger charge is -2.17. The molecule has 0 saturated heterocycles. The average molecular weight is 305 g/mol. The Hall–Kier alpha value is -2.81. The van der Waals surface area contributed by atoms with Gasteiger partial charge in [-0.15, -0.1) is 0 Å². The van der Waals surface area contributed by atoms with Crippen molar-refractivity contribution in [1.29, 1.82) is 0 Å². The zero-order valence-corrected chi connectivity index (χ0v) is 13.2. The average Bonchev–Trinajstić information content (AvgIpc) is 2.57. The Bertz CT molecular complexity index is 836. The molecular formula is C20H19NO2. The number of rotatable bonds is 4. The molecule has 116 valence electrons. The van der Waals surface area contributed by atoms with Crippen LogP contribution in [0.15, 0.2) is 66.7 Å². The summed E-state index contributed by atoms with van der Waals surface area (Å²) in [5.41, 5.74) is 1.84. The molecule has 0 bridgehead atoms. The van der Waals surface area contributed by atoms with Crippen molar-refractivity contribution in [2.75, 3.05) is 5.32 Å². The van der Waals surface area contributed by atoms with E-state index in [-0.39, 0.29) is 5.91 Å². The molecule has 23 heavy (non-hydrogen) atoms. The number of aryl methyl sites for hydroxylation is 1. The summed E-state index contributed by atoms with van der Waals surface area (Å²) in [7, 11) is 0. The highest BCUT2D eigenvalue weighted by Crippen LogP contribution is 2.26. The maximum Gasteiger partial charge on any atom is 0.265 e. The molecule has 3 rings (SSSR count). The highest BCUT2D eigenvalue weighted by molar-refractivity contribution is 5.95. The van der Waals surface area contributed by atoms with E-state index in [4.69, 9.17) is 4.74 Å². The summed E-state index contributed by atoms with van der Waals surface area (Å²) in [4.78, 5) is 12.4. The number of amides is 1. The summed E-state index contributed by atoms with van der Waals surface area (Å²) in [6, 6.07) is 21.5. The lowest BCUT2D eigenvalue weighted by atomic mass is 10.1. The molecule has 0 aliphatic rings. The first-order valence-electron chi connectivity index (χ1n) is 7.66. The molecule has 0 aliphatic heterocycles. The topological polar surface area (TPSA) is 38.3 Å². The fourth-order valence-electron chi connectivity index (χ4n) is 2.49. The van der Waals surface area contributed by atoms with E-state index in [9.17, 15) is 4.79 Å². The van der Waals surface area contributed by atoms with E-state index in [1.54, 1.807) is 6.92 Å². The van der Waals surface area contributed by atoms with Crippen molar-refractivity contribution in [3.05, 3.63) is 72.3 Å². The zero-order chi connectivity index (χ0) is 16.2. The van der Waals surface area contributed by atoms with E-state index in [1.807, 2.05) is 73.7 Å². The van der Waals surface area contributed by atoms with Crippen LogP contribution in [0.1, 0.15) is 12.5 Å². The van der Waals surface area contributed by atoms with Crippen molar-refractivity contribution < 1.29 is 9.53 Å². The third-order valence-electron chi connectivity index (χ3n) is 3.83. The van der Waals surface area contributed by atoms with Gasteiger partial charge < -0.3 is 10.1 Å². The SMILES string of the molecule is Cc1ccccc1NC(=O)[C@@H](C)Oc1cccc2ccccc12. The first kappa shape index (κ1) is 15.1. The Kier molecular flexibility index (Phi) is 4.29. The Labute approximate surface area is 135 Å². The summed E-state index contributed by atoms with van der Waals surface area (Å²) < 4.78 is 5.89. The Morgan fingerprint density at radius 3 is 2.48 bits per heavy atom. The molecule has 0 heterocycles. The number of ether oxygens (including phenoxy) is 1. The molecule has 0 radical (unpaired) electrons. The second kappa shape index (κ2) is 6.53. The van der Waals surface area contributed by atoms with E-state index >= 15 is 0 Å². The molecule has 0 aromatic heterocycles. The predicted molar refractivity (Wildman–Crippen MR) is 93.8 cm³/mol. The van der Waals surface area contributed by atoms with Gasteiger partial charge in [-0.1, -0.05) is 54.6 Å². The Morgan fingerprint density at radius 2 is 1.65 bits per heavy atom. The quantitative estimate of drug-likeness (QED) is 0.767. The molecule has 3 aromatic rings. The second-order valence-electron chi connectivity index (χ2n) is 5.54. The number of para-hydroxylation sites is 1. The highest BCUT2D eigenvalue weighted by Gasteiger charge is 2.16. The summed E-state index contributed by atoms with van der Waals surface area (Å²) in [6.07, 6.45) is -0.583. The summed E-state index contributed by atoms with van der Waals surface area (Å²) in [5, 5.41) is 5.01. The number of fused-ring (bicyclic) bond motifs is 1. The van der Waals surface area contributed by atoms with Gasteiger partial charge >= 0.3 is 0 Å². The molecule has 1 N–H and O–H groups in total. The number of anilines is 1. The van der Waals surface area contributed by atoms with Crippen LogP contribution in [0.3, 0.4) is 0 Å². The van der Waals surface area contributed by atoms with E-state index < -0.39 is 6.10 Å². The van der Waals surface area contributed by atoms with Crippen LogP contribution >= 0.6 is 0 Å². The van der Waals surface area contributed by atoms with E-state index in [1.165, 1.54) is 0 Å². The van der Waals surface area contributed by atoms with Gasteiger partial charge in [0.2, 0.25) is 0 Å². The minimum absolute atomic E-state index is 0.160. The molecule has 1 atom stereocenters. The third kappa shape index (κ3) is 3.34. The number of carbonyl (C=O) groups is 1. The van der Waals surface area contributed by atoms with E-state index in [2.05, 4.69) is 5.32 Å². The van der Waals surface area contributed by atoms with E-state index in [0.717, 1.165) is 27.8 Å². The van der Waals surface area contributed by atoms with Gasteiger partial charge in [0.25, 0.3) is 5.91 Å². The Morgan fingerprint density at radius 1 is 0.957 bits per heavy atom. The molecule has 3 nitrogen and oxygen atoms in total. The minimum Gasteiger partial charge on any atom is -0.480 e. The van der Waals surface area contributed by atoms with Crippen molar-refractivity contribution in [1.82, 2.24) is 0 Å². The van der Waals surface area contributed by atoms with Gasteiger partial charge in [0.15, 0.2) is 6.10 Å². The fourth-order valence-corrected chi connectivity index (χ4v) is 2.49. The lowest BCUT2D eigenvalue weighted by Crippen LogP contribution is -2.30. The standard InChI is InChI=1S/C20H19NO2/c1-14-8-3-6-12-18(14)21-20(22)15(2)23-19-13-7-10-16-9-4-5-11-17(16)19/h3-13,15H,1-2H3,(H,21,22)/t15-/m1/s1. The molecule has 0 spiro atoms. The second-order valence-corrected chi connectivity index (χ2v) is 5.54. The van der Waals surface area contributed by atoms with Gasteiger partial charge in [-0.05, 0) is 36.9 Å². The smallest absolute Gasteiger partial charge is 0.265 e. The molecule has 0 unspecified atom stereocenters. The van der Waals surface area contributed by atoms with Crippen molar-refractivity contribution in [2.45, 2.75) is 20.0 Å². The van der Waals surface area contributed by atoms with Gasteiger partial charge in [0.1, 0.15) is 5.75 Å². The number of carbonyl (C=O) groups excluding carboxylic acids is 1. The van der Waals surface area contributed by atoms with Gasteiger partial charge in [0, 0.05) is 11.1 Å². The predicted octanol–water partition coefficient (Wildman–Crippen LogP) is 4.55. The van der Waals surface area contributed by atoms with Crippen LogP contribution < -0.4 is 10.1 Å². The lowest BCUT2D eigenvalue weighted by molar-refractivity contribution is -0.122. The number of benzene rings is 3. The van der Waals surface area contributed by atoms with Gasteiger partial charge in [0.05, 0.1) is 0 Å². The maximum atomic E-state index is 12.4. The zero-order valence-electron chi connectivity index (χ0n) is 13.2. The summed E-state index contributed by atoms with van der Waals surface area (Å²) in [6.45, 7) is 3.72. The van der Waals surface area contributed by atoms with Gasteiger partial charge in [-0.2, -0.15) is 0 Å². The number of nitrogens with one attached hydrogen (secondary N) is 1. The molecule has 1 amide bonds. The van der Waals surface area contributed by atoms with Crippen LogP contribution in [0.2, 0.25) is 0 Å². The van der Waals surface area contributed by atoms with Crippen LogP contribution in [0.5, 0.6) is 5.75 Å². The van der Waals surface area contributed by atoms with Gasteiger partial charge in [-0.25, -0.2) is 0 Å². The van der Waals surface area contributed by atoms with Gasteiger partial charge in [-0.3, -0.25) is 4.79 Å². The summed E-state index contributed by atoms with van der Waals surface area (Å²) >= 11 is 0. The molecule has 0 aliphatic carbocycles. The van der Waals surface area contributed by atoms with Crippen molar-refractivity contribution >= 4 is 22.4 Å². The maximum absolute atomic E-state index is 12.4. The number of hydrogen-bond acceptors (Lipinski definition) is 2. The Balaban J connectivity index is 1.77. The largest absolute Gasteiger partial charge is 0.480 e. The number of hydrogen-bond donors (Lipinski definition) is 1. The van der Waals surface area contributed by atoms with Crippen LogP contribution in [0.4, 0.5) is 5.69 Å². The monoisotopic (exact) mass is 305 g/mol. The highest BCUT2D eigenvalue weighted by atomic mass is 16.5. The molecular weight excluding hydrogens is 286 g/mol. The van der Waals surface area contributed by atoms with Crippen molar-refractivity contribution in [3.63, 3.8) is 0 Å². The van der Waals surface area contributed by atoms with Crippen molar-refractivity contribution in [2.24, 2.45) is 0 Å². The fraction of sp³-hybridized carbons (Fsp3) is 0.150. The third-order valence-corrected chi connectivity index (χ3v) is 3.83. The summed E-state index contributed by atoms with van der Waals surface area (Å²) in [5.74, 6) is 0.558. The van der Waals surface area contributed by atoms with Crippen LogP contribution in [-0.4, -0.2) is 12.0 Å². The first-order chi connectivity index (χ1) is 11.1. The normalized spacial score (nSPS) is 11.9. The molecule has 0 saturated carbocycles. The van der Waals surface area contributed by atoms with Crippen molar-refractivity contribution in [3.8, 4) is 5.75 Å². The molecule has 0 fully saturated rings. The van der Waals surface area contributed by atoms with Crippen LogP contribution in [-0.2, 0) is 4.79 Å². The van der Waals surface area contributed by atoms with E-state index in [0.29, 0.717) is 0 Å².